The van der Waals surface area contributed by atoms with Crippen molar-refractivity contribution in [3.05, 3.63) is 94.6 Å². The number of rotatable bonds is 8. The molecule has 0 spiro atoms. The van der Waals surface area contributed by atoms with Crippen LogP contribution in [-0.4, -0.2) is 23.0 Å². The van der Waals surface area contributed by atoms with E-state index >= 15 is 0 Å². The van der Waals surface area contributed by atoms with Gasteiger partial charge >= 0.3 is 12.1 Å². The monoisotopic (exact) mass is 534 g/mol. The summed E-state index contributed by atoms with van der Waals surface area (Å²) in [6, 6.07) is 23.2. The highest BCUT2D eigenvalue weighted by Crippen LogP contribution is 2.36. The molecule has 0 aliphatic carbocycles. The van der Waals surface area contributed by atoms with Gasteiger partial charge in [-0.2, -0.15) is 4.37 Å². The zero-order valence-corrected chi connectivity index (χ0v) is 22.4. The molecule has 1 aromatic heterocycles. The number of ether oxygens (including phenoxy) is 2. The highest BCUT2D eigenvalue weighted by molar-refractivity contribution is 7.10. The van der Waals surface area contributed by atoms with Crippen LogP contribution in [0, 0.1) is 6.92 Å². The van der Waals surface area contributed by atoms with Gasteiger partial charge in [-0.25, -0.2) is 4.79 Å². The number of halogens is 1. The lowest BCUT2D eigenvalue weighted by Gasteiger charge is -2.16. The van der Waals surface area contributed by atoms with Crippen molar-refractivity contribution in [3.63, 3.8) is 0 Å². The minimum atomic E-state index is -0.573. The smallest absolute Gasteiger partial charge is 0.412 e. The molecule has 0 aliphatic heterocycles. The minimum Gasteiger partial charge on any atom is -0.466 e. The van der Waals surface area contributed by atoms with Crippen LogP contribution in [-0.2, 0) is 20.7 Å². The molecule has 1 heterocycles. The molecule has 0 saturated carbocycles. The third kappa shape index (κ3) is 6.56. The molecular formula is C29H27ClN2O4S. The lowest BCUT2D eigenvalue weighted by atomic mass is 10.0. The summed E-state index contributed by atoms with van der Waals surface area (Å²) in [6.45, 7) is 5.80. The molecule has 4 rings (SSSR count). The molecule has 0 aliphatic rings. The van der Waals surface area contributed by atoms with Gasteiger partial charge in [0.15, 0.2) is 0 Å². The largest absolute Gasteiger partial charge is 0.466 e. The Morgan fingerprint density at radius 3 is 2.24 bits per heavy atom. The van der Waals surface area contributed by atoms with E-state index in [0.717, 1.165) is 32.7 Å². The number of aromatic nitrogens is 1. The number of hydrogen-bond acceptors (Lipinski definition) is 6. The first-order valence-electron chi connectivity index (χ1n) is 11.9. The van der Waals surface area contributed by atoms with Crippen molar-refractivity contribution in [2.75, 3.05) is 11.9 Å². The topological polar surface area (TPSA) is 77.5 Å². The van der Waals surface area contributed by atoms with Gasteiger partial charge in [-0.05, 0) is 60.6 Å². The third-order valence-electron chi connectivity index (χ3n) is 5.80. The number of nitrogens with zero attached hydrogens (tertiary/aromatic N) is 1. The van der Waals surface area contributed by atoms with Gasteiger partial charge in [0.2, 0.25) is 0 Å². The quantitative estimate of drug-likeness (QED) is 0.233. The fourth-order valence-electron chi connectivity index (χ4n) is 3.88. The van der Waals surface area contributed by atoms with E-state index in [-0.39, 0.29) is 12.4 Å². The SMILES string of the molecule is CCOC(=O)Cc1ccc(-c2ccc(-c3snc(C)c3NC(=O)O[C@H](C)c3ccccc3Cl)cc2)cc1. The number of aryl methyl sites for hydroxylation is 1. The number of esters is 1. The average molecular weight is 535 g/mol. The molecule has 1 amide bonds. The van der Waals surface area contributed by atoms with Crippen LogP contribution in [0.5, 0.6) is 0 Å². The molecule has 37 heavy (non-hydrogen) atoms. The number of benzene rings is 3. The molecule has 0 bridgehead atoms. The first kappa shape index (κ1) is 26.4. The van der Waals surface area contributed by atoms with E-state index in [9.17, 15) is 9.59 Å². The van der Waals surface area contributed by atoms with Gasteiger partial charge in [-0.15, -0.1) is 0 Å². The molecule has 190 valence electrons. The van der Waals surface area contributed by atoms with Crippen LogP contribution in [0.15, 0.2) is 72.8 Å². The Morgan fingerprint density at radius 1 is 0.973 bits per heavy atom. The molecule has 6 nitrogen and oxygen atoms in total. The van der Waals surface area contributed by atoms with Crippen molar-refractivity contribution >= 4 is 40.9 Å². The molecule has 0 unspecified atom stereocenters. The van der Waals surface area contributed by atoms with Crippen molar-refractivity contribution in [3.8, 4) is 21.6 Å². The van der Waals surface area contributed by atoms with Crippen molar-refractivity contribution in [1.82, 2.24) is 4.37 Å². The number of anilines is 1. The second-order valence-electron chi connectivity index (χ2n) is 8.42. The second kappa shape index (κ2) is 12.0. The maximum atomic E-state index is 12.7. The number of carbonyl (C=O) groups excluding carboxylic acids is 2. The fourth-order valence-corrected chi connectivity index (χ4v) is 5.02. The predicted molar refractivity (Wildman–Crippen MR) is 148 cm³/mol. The number of carbonyl (C=O) groups is 2. The maximum absolute atomic E-state index is 12.7. The van der Waals surface area contributed by atoms with Crippen LogP contribution in [0.3, 0.4) is 0 Å². The third-order valence-corrected chi connectivity index (χ3v) is 7.14. The van der Waals surface area contributed by atoms with E-state index in [4.69, 9.17) is 21.1 Å². The van der Waals surface area contributed by atoms with Gasteiger partial charge in [-0.1, -0.05) is 78.3 Å². The van der Waals surface area contributed by atoms with E-state index in [2.05, 4.69) is 9.69 Å². The van der Waals surface area contributed by atoms with Crippen LogP contribution >= 0.6 is 23.1 Å². The summed E-state index contributed by atoms with van der Waals surface area (Å²) < 4.78 is 15.0. The Morgan fingerprint density at radius 2 is 1.59 bits per heavy atom. The summed E-state index contributed by atoms with van der Waals surface area (Å²) >= 11 is 7.55. The van der Waals surface area contributed by atoms with Gasteiger partial charge < -0.3 is 9.47 Å². The molecule has 8 heteroatoms. The molecule has 3 aromatic carbocycles. The molecule has 1 N–H and O–H groups in total. The maximum Gasteiger partial charge on any atom is 0.412 e. The number of amides is 1. The van der Waals surface area contributed by atoms with Crippen molar-refractivity contribution < 1.29 is 19.1 Å². The van der Waals surface area contributed by atoms with Crippen LogP contribution in [0.1, 0.15) is 36.8 Å². The lowest BCUT2D eigenvalue weighted by molar-refractivity contribution is -0.142. The highest BCUT2D eigenvalue weighted by Gasteiger charge is 2.19. The summed E-state index contributed by atoms with van der Waals surface area (Å²) in [7, 11) is 0. The number of hydrogen-bond donors (Lipinski definition) is 1. The van der Waals surface area contributed by atoms with Gasteiger partial charge in [-0.3, -0.25) is 10.1 Å². The van der Waals surface area contributed by atoms with E-state index in [1.807, 2.05) is 73.7 Å². The standard InChI is InChI=1S/C29H27ClN2O4S/c1-4-35-26(33)17-20-9-11-21(12-10-20)22-13-15-23(16-14-22)28-27(18(2)32-37-28)31-29(34)36-19(3)24-7-5-6-8-25(24)30/h5-16,19H,4,17H2,1-3H3,(H,31,34)/t19-/m1/s1. The lowest BCUT2D eigenvalue weighted by Crippen LogP contribution is -2.16. The number of nitrogens with one attached hydrogen (secondary N) is 1. The second-order valence-corrected chi connectivity index (χ2v) is 9.60. The zero-order chi connectivity index (χ0) is 26.4. The highest BCUT2D eigenvalue weighted by atomic mass is 35.5. The van der Waals surface area contributed by atoms with E-state index in [0.29, 0.717) is 23.0 Å². The van der Waals surface area contributed by atoms with Gasteiger partial charge in [0.1, 0.15) is 6.10 Å². The Labute approximate surface area is 225 Å². The van der Waals surface area contributed by atoms with Crippen molar-refractivity contribution in [1.29, 1.82) is 0 Å². The molecule has 1 atom stereocenters. The first-order chi connectivity index (χ1) is 17.9. The molecule has 0 fully saturated rings. The van der Waals surface area contributed by atoms with Crippen molar-refractivity contribution in [2.45, 2.75) is 33.3 Å². The van der Waals surface area contributed by atoms with Gasteiger partial charge in [0.05, 0.1) is 29.3 Å². The van der Waals surface area contributed by atoms with Crippen LogP contribution in [0.25, 0.3) is 21.6 Å². The Hall–Kier alpha value is -3.68. The Balaban J connectivity index is 1.45. The normalized spacial score (nSPS) is 11.6. The minimum absolute atomic E-state index is 0.230. The van der Waals surface area contributed by atoms with Crippen LogP contribution < -0.4 is 5.32 Å². The first-order valence-corrected chi connectivity index (χ1v) is 13.0. The van der Waals surface area contributed by atoms with Gasteiger partial charge in [0.25, 0.3) is 0 Å². The molecule has 4 aromatic rings. The average Bonchev–Trinajstić information content (AvgIpc) is 3.24. The van der Waals surface area contributed by atoms with Crippen LogP contribution in [0.4, 0.5) is 10.5 Å². The van der Waals surface area contributed by atoms with Crippen molar-refractivity contribution in [2.24, 2.45) is 0 Å². The fraction of sp³-hybridized carbons (Fsp3) is 0.207. The van der Waals surface area contributed by atoms with Crippen LogP contribution in [0.2, 0.25) is 5.02 Å². The van der Waals surface area contributed by atoms with Gasteiger partial charge in [0, 0.05) is 10.6 Å². The zero-order valence-electron chi connectivity index (χ0n) is 20.8. The Bertz CT molecular complexity index is 1380. The summed E-state index contributed by atoms with van der Waals surface area (Å²) in [4.78, 5) is 25.2. The predicted octanol–water partition coefficient (Wildman–Crippen LogP) is 7.85. The summed E-state index contributed by atoms with van der Waals surface area (Å²) in [5.74, 6) is -0.230. The molecule has 0 saturated heterocycles. The summed E-state index contributed by atoms with van der Waals surface area (Å²) in [5.41, 5.74) is 5.99. The van der Waals surface area contributed by atoms with E-state index in [1.165, 1.54) is 11.5 Å². The molecule has 0 radical (unpaired) electrons. The van der Waals surface area contributed by atoms with E-state index in [1.54, 1.807) is 19.9 Å². The Kier molecular flexibility index (Phi) is 8.58. The summed E-state index contributed by atoms with van der Waals surface area (Å²) in [5, 5.41) is 3.41. The van der Waals surface area contributed by atoms with E-state index < -0.39 is 12.2 Å². The molecular weight excluding hydrogens is 508 g/mol. The summed E-state index contributed by atoms with van der Waals surface area (Å²) in [6.07, 6.45) is -0.823.